The Bertz CT molecular complexity index is 818. The summed E-state index contributed by atoms with van der Waals surface area (Å²) in [6.45, 7) is 6.78. The molecule has 3 saturated heterocycles. The van der Waals surface area contributed by atoms with Crippen LogP contribution in [0.25, 0.3) is 0 Å². The Labute approximate surface area is 191 Å². The van der Waals surface area contributed by atoms with Gasteiger partial charge in [0, 0.05) is 25.7 Å². The first-order valence-corrected chi connectivity index (χ1v) is 12.4. The number of amides is 3. The number of benzene rings is 1. The number of hydrogen-bond donors (Lipinski definition) is 1. The average Bonchev–Trinajstić information content (AvgIpc) is 2.99. The van der Waals surface area contributed by atoms with E-state index in [2.05, 4.69) is 17.1 Å². The fourth-order valence-corrected chi connectivity index (χ4v) is 6.08. The summed E-state index contributed by atoms with van der Waals surface area (Å²) in [6.07, 6.45) is 7.55. The van der Waals surface area contributed by atoms with Gasteiger partial charge in [-0.25, -0.2) is 4.79 Å². The number of urea groups is 1. The van der Waals surface area contributed by atoms with Crippen molar-refractivity contribution in [2.24, 2.45) is 5.41 Å². The van der Waals surface area contributed by atoms with Gasteiger partial charge in [0.1, 0.15) is 12.6 Å². The van der Waals surface area contributed by atoms with Gasteiger partial charge in [-0.15, -0.1) is 0 Å². The molecule has 174 valence electrons. The minimum atomic E-state index is -0.368. The number of hydroxylamine groups is 2. The zero-order valence-corrected chi connectivity index (χ0v) is 19.2. The number of carbonyl (C=O) groups excluding carboxylic acids is 2. The van der Waals surface area contributed by atoms with Gasteiger partial charge in [-0.3, -0.25) is 9.63 Å². The third kappa shape index (κ3) is 4.25. The smallest absolute Gasteiger partial charge is 0.345 e. The average molecular weight is 441 g/mol. The quantitative estimate of drug-likeness (QED) is 0.599. The second-order valence-corrected chi connectivity index (χ2v) is 10.3. The molecule has 32 heavy (non-hydrogen) atoms. The third-order valence-corrected chi connectivity index (χ3v) is 7.74. The van der Waals surface area contributed by atoms with E-state index in [1.807, 2.05) is 30.3 Å². The summed E-state index contributed by atoms with van der Waals surface area (Å²) in [5.74, 6) is 0.0145. The highest BCUT2D eigenvalue weighted by Gasteiger charge is 2.53. The normalized spacial score (nSPS) is 26.8. The minimum Gasteiger partial charge on any atom is -0.352 e. The number of carbonyl (C=O) groups is 2. The number of piperidine rings is 1. The van der Waals surface area contributed by atoms with E-state index >= 15 is 0 Å². The van der Waals surface area contributed by atoms with Gasteiger partial charge in [-0.1, -0.05) is 50.1 Å². The summed E-state index contributed by atoms with van der Waals surface area (Å²) < 4.78 is 0. The predicted octanol–water partition coefficient (Wildman–Crippen LogP) is 3.16. The molecule has 3 amide bonds. The van der Waals surface area contributed by atoms with Gasteiger partial charge in [0.05, 0.1) is 6.04 Å². The summed E-state index contributed by atoms with van der Waals surface area (Å²) in [4.78, 5) is 36.1. The molecule has 2 bridgehead atoms. The molecular formula is C25H36N4O3. The van der Waals surface area contributed by atoms with Crippen molar-refractivity contribution in [3.05, 3.63) is 35.9 Å². The first-order chi connectivity index (χ1) is 15.6. The lowest BCUT2D eigenvalue weighted by Gasteiger charge is -2.59. The van der Waals surface area contributed by atoms with Crippen LogP contribution in [0.2, 0.25) is 0 Å². The van der Waals surface area contributed by atoms with Crippen LogP contribution < -0.4 is 5.32 Å². The first kappa shape index (κ1) is 21.7. The van der Waals surface area contributed by atoms with E-state index in [1.165, 1.54) is 44.0 Å². The van der Waals surface area contributed by atoms with Gasteiger partial charge in [0.25, 0.3) is 0 Å². The lowest BCUT2D eigenvalue weighted by atomic mass is 9.60. The van der Waals surface area contributed by atoms with Crippen molar-refractivity contribution in [3.8, 4) is 0 Å². The van der Waals surface area contributed by atoms with Gasteiger partial charge in [-0.05, 0) is 49.6 Å². The zero-order valence-electron chi connectivity index (χ0n) is 19.2. The van der Waals surface area contributed by atoms with Crippen molar-refractivity contribution in [3.63, 3.8) is 0 Å². The molecule has 0 radical (unpaired) electrons. The molecule has 0 unspecified atom stereocenters. The van der Waals surface area contributed by atoms with E-state index in [-0.39, 0.29) is 30.1 Å². The standard InChI is InChI=1S/C25H36N4O3/c1-2-3-7-12-27-17-25(18-27)13-20(14-25)26-23(30)22-11-10-21-15-28(22)24(31)29(21)32-16-19-8-5-4-6-9-19/h4-6,8-9,20-22H,2-3,7,10-18H2,1H3,(H,26,30)/t21-,22+/m1/s1. The number of rotatable bonds is 9. The Hall–Kier alpha value is -2.12. The molecule has 7 heteroatoms. The van der Waals surface area contributed by atoms with Gasteiger partial charge in [0.15, 0.2) is 0 Å². The van der Waals surface area contributed by atoms with Crippen LogP contribution in [0.4, 0.5) is 4.79 Å². The molecule has 3 heterocycles. The van der Waals surface area contributed by atoms with Crippen LogP contribution in [0.3, 0.4) is 0 Å². The van der Waals surface area contributed by atoms with E-state index in [1.54, 1.807) is 4.90 Å². The Morgan fingerprint density at radius 3 is 2.69 bits per heavy atom. The number of nitrogens with zero attached hydrogens (tertiary/aromatic N) is 3. The minimum absolute atomic E-state index is 0.0145. The summed E-state index contributed by atoms with van der Waals surface area (Å²) in [6, 6.07) is 9.63. The predicted molar refractivity (Wildman–Crippen MR) is 122 cm³/mol. The maximum atomic E-state index is 13.0. The molecule has 1 N–H and O–H groups in total. The van der Waals surface area contributed by atoms with Crippen LogP contribution >= 0.6 is 0 Å². The lowest BCUT2D eigenvalue weighted by Crippen LogP contribution is -2.67. The van der Waals surface area contributed by atoms with E-state index < -0.39 is 0 Å². The Kier molecular flexibility index (Phi) is 6.12. The summed E-state index contributed by atoms with van der Waals surface area (Å²) in [5.41, 5.74) is 1.47. The van der Waals surface area contributed by atoms with Crippen LogP contribution in [-0.4, -0.2) is 71.1 Å². The molecule has 2 atom stereocenters. The molecule has 1 spiro atoms. The molecule has 4 aliphatic rings. The summed E-state index contributed by atoms with van der Waals surface area (Å²) in [5, 5.41) is 4.74. The fraction of sp³-hybridized carbons (Fsp3) is 0.680. The van der Waals surface area contributed by atoms with Crippen LogP contribution in [0, 0.1) is 5.41 Å². The summed E-state index contributed by atoms with van der Waals surface area (Å²) >= 11 is 0. The van der Waals surface area contributed by atoms with Gasteiger partial charge >= 0.3 is 6.03 Å². The van der Waals surface area contributed by atoms with Gasteiger partial charge in [0.2, 0.25) is 5.91 Å². The Morgan fingerprint density at radius 1 is 1.16 bits per heavy atom. The van der Waals surface area contributed by atoms with E-state index in [0.29, 0.717) is 25.0 Å². The molecule has 3 aliphatic heterocycles. The number of fused-ring (bicyclic) bond motifs is 2. The third-order valence-electron chi connectivity index (χ3n) is 7.74. The zero-order chi connectivity index (χ0) is 22.1. The molecule has 1 aromatic rings. The number of unbranched alkanes of at least 4 members (excludes halogenated alkanes) is 2. The van der Waals surface area contributed by atoms with Crippen molar-refractivity contribution < 1.29 is 14.4 Å². The molecule has 5 rings (SSSR count). The van der Waals surface area contributed by atoms with Crippen molar-refractivity contribution >= 4 is 11.9 Å². The van der Waals surface area contributed by atoms with Crippen molar-refractivity contribution in [2.75, 3.05) is 26.2 Å². The van der Waals surface area contributed by atoms with Gasteiger partial charge < -0.3 is 15.1 Å². The van der Waals surface area contributed by atoms with Crippen molar-refractivity contribution in [1.29, 1.82) is 0 Å². The second kappa shape index (κ2) is 9.02. The Balaban J connectivity index is 1.07. The number of hydrogen-bond acceptors (Lipinski definition) is 4. The lowest BCUT2D eigenvalue weighted by molar-refractivity contribution is -0.140. The van der Waals surface area contributed by atoms with Gasteiger partial charge in [-0.2, -0.15) is 5.06 Å². The second-order valence-electron chi connectivity index (χ2n) is 10.3. The van der Waals surface area contributed by atoms with E-state index in [4.69, 9.17) is 4.84 Å². The maximum absolute atomic E-state index is 13.0. The number of likely N-dealkylation sites (tertiary alicyclic amines) is 1. The van der Waals surface area contributed by atoms with Crippen LogP contribution in [0.15, 0.2) is 30.3 Å². The first-order valence-electron chi connectivity index (χ1n) is 12.4. The largest absolute Gasteiger partial charge is 0.352 e. The topological polar surface area (TPSA) is 65.1 Å². The molecule has 4 fully saturated rings. The highest BCUT2D eigenvalue weighted by molar-refractivity contribution is 5.88. The molecule has 7 nitrogen and oxygen atoms in total. The molecule has 1 aliphatic carbocycles. The molecule has 1 aromatic carbocycles. The Morgan fingerprint density at radius 2 is 1.94 bits per heavy atom. The molecule has 1 saturated carbocycles. The van der Waals surface area contributed by atoms with E-state index in [0.717, 1.165) is 24.8 Å². The molecule has 0 aromatic heterocycles. The molecular weight excluding hydrogens is 404 g/mol. The van der Waals surface area contributed by atoms with Crippen molar-refractivity contribution in [2.45, 2.75) is 76.6 Å². The summed E-state index contributed by atoms with van der Waals surface area (Å²) in [7, 11) is 0. The maximum Gasteiger partial charge on any atom is 0.345 e. The highest BCUT2D eigenvalue weighted by atomic mass is 16.7. The van der Waals surface area contributed by atoms with Crippen LogP contribution in [-0.2, 0) is 16.2 Å². The van der Waals surface area contributed by atoms with Crippen LogP contribution in [0.5, 0.6) is 0 Å². The SMILES string of the molecule is CCCCCN1CC2(CC(NC(=O)[C@@H]3CC[C@@H]4CN3C(=O)N4OCc3ccccc3)C2)C1. The number of nitrogens with one attached hydrogen (secondary N) is 1. The van der Waals surface area contributed by atoms with E-state index in [9.17, 15) is 9.59 Å². The fourth-order valence-electron chi connectivity index (χ4n) is 6.08. The van der Waals surface area contributed by atoms with Crippen molar-refractivity contribution in [1.82, 2.24) is 20.2 Å². The van der Waals surface area contributed by atoms with Crippen LogP contribution in [0.1, 0.15) is 57.4 Å². The monoisotopic (exact) mass is 440 g/mol. The highest BCUT2D eigenvalue weighted by Crippen LogP contribution is 2.48.